The molecule has 0 heterocycles. The highest BCUT2D eigenvalue weighted by molar-refractivity contribution is 9.10. The lowest BCUT2D eigenvalue weighted by Gasteiger charge is -2.16. The Morgan fingerprint density at radius 2 is 1.88 bits per heavy atom. The Morgan fingerprint density at radius 1 is 1.18 bits per heavy atom. The van der Waals surface area contributed by atoms with Crippen molar-refractivity contribution in [3.8, 4) is 0 Å². The van der Waals surface area contributed by atoms with Gasteiger partial charge in [0.15, 0.2) is 0 Å². The summed E-state index contributed by atoms with van der Waals surface area (Å²) in [6.07, 6.45) is 6.21. The van der Waals surface area contributed by atoms with Gasteiger partial charge in [-0.1, -0.05) is 41.9 Å². The Bertz CT molecular complexity index is 294. The molecular formula is C15H24BrN. The quantitative estimate of drug-likeness (QED) is 0.742. The third-order valence-corrected chi connectivity index (χ3v) is 3.64. The smallest absolute Gasteiger partial charge is 0.0175 e. The van der Waals surface area contributed by atoms with Crippen LogP contribution in [0.1, 0.15) is 45.1 Å². The first-order valence-corrected chi connectivity index (χ1v) is 7.53. The summed E-state index contributed by atoms with van der Waals surface area (Å²) in [5.41, 5.74) is 1.44. The summed E-state index contributed by atoms with van der Waals surface area (Å²) >= 11 is 3.47. The van der Waals surface area contributed by atoms with Crippen LogP contribution in [0.5, 0.6) is 0 Å². The van der Waals surface area contributed by atoms with Gasteiger partial charge in [0.05, 0.1) is 0 Å². The van der Waals surface area contributed by atoms with Gasteiger partial charge in [0, 0.05) is 10.5 Å². The van der Waals surface area contributed by atoms with E-state index in [-0.39, 0.29) is 0 Å². The molecule has 1 unspecified atom stereocenters. The lowest BCUT2D eigenvalue weighted by molar-refractivity contribution is 0.456. The number of halogens is 1. The highest BCUT2D eigenvalue weighted by Gasteiger charge is 2.04. The van der Waals surface area contributed by atoms with Crippen molar-refractivity contribution in [2.75, 3.05) is 6.54 Å². The second kappa shape index (κ2) is 8.71. The van der Waals surface area contributed by atoms with Crippen LogP contribution in [0.4, 0.5) is 0 Å². The van der Waals surface area contributed by atoms with E-state index in [1.54, 1.807) is 0 Å². The molecular weight excluding hydrogens is 274 g/mol. The van der Waals surface area contributed by atoms with E-state index in [1.165, 1.54) is 37.7 Å². The molecule has 0 amide bonds. The van der Waals surface area contributed by atoms with Crippen molar-refractivity contribution in [1.29, 1.82) is 0 Å². The van der Waals surface area contributed by atoms with Crippen LogP contribution in [0.2, 0.25) is 0 Å². The molecule has 0 radical (unpaired) electrons. The van der Waals surface area contributed by atoms with E-state index in [1.807, 2.05) is 0 Å². The van der Waals surface area contributed by atoms with Crippen molar-refractivity contribution in [1.82, 2.24) is 5.32 Å². The molecule has 1 aromatic carbocycles. The molecule has 0 bridgehead atoms. The van der Waals surface area contributed by atoms with Gasteiger partial charge in [0.1, 0.15) is 0 Å². The van der Waals surface area contributed by atoms with Crippen molar-refractivity contribution in [2.24, 2.45) is 0 Å². The molecule has 0 aliphatic heterocycles. The summed E-state index contributed by atoms with van der Waals surface area (Å²) in [5, 5.41) is 3.61. The van der Waals surface area contributed by atoms with E-state index in [0.717, 1.165) is 11.0 Å². The number of nitrogens with one attached hydrogen (secondary N) is 1. The molecule has 1 N–H and O–H groups in total. The van der Waals surface area contributed by atoms with Crippen LogP contribution in [-0.2, 0) is 6.42 Å². The summed E-state index contributed by atoms with van der Waals surface area (Å²) < 4.78 is 1.16. The molecule has 0 fully saturated rings. The molecule has 1 atom stereocenters. The summed E-state index contributed by atoms with van der Waals surface area (Å²) in [4.78, 5) is 0. The van der Waals surface area contributed by atoms with Gasteiger partial charge in [0.25, 0.3) is 0 Å². The normalized spacial score (nSPS) is 12.6. The molecule has 1 rings (SSSR count). The van der Waals surface area contributed by atoms with Gasteiger partial charge >= 0.3 is 0 Å². The molecule has 1 aromatic rings. The number of aryl methyl sites for hydroxylation is 1. The van der Waals surface area contributed by atoms with Crippen LogP contribution in [0.25, 0.3) is 0 Å². The number of rotatable bonds is 8. The Kier molecular flexibility index (Phi) is 7.54. The van der Waals surface area contributed by atoms with E-state index in [9.17, 15) is 0 Å². The van der Waals surface area contributed by atoms with E-state index in [4.69, 9.17) is 0 Å². The average Bonchev–Trinajstić information content (AvgIpc) is 2.36. The maximum Gasteiger partial charge on any atom is 0.0175 e. The fraction of sp³-hybridized carbons (Fsp3) is 0.600. The SMILES string of the molecule is CCCNC(CC)CCCc1ccc(Br)cc1. The average molecular weight is 298 g/mol. The van der Waals surface area contributed by atoms with Crippen LogP contribution in [0.3, 0.4) is 0 Å². The molecule has 0 aliphatic rings. The summed E-state index contributed by atoms with van der Waals surface area (Å²) in [6, 6.07) is 9.38. The van der Waals surface area contributed by atoms with Gasteiger partial charge in [-0.05, 0) is 56.3 Å². The maximum atomic E-state index is 3.61. The third-order valence-electron chi connectivity index (χ3n) is 3.11. The predicted octanol–water partition coefficient (Wildman–Crippen LogP) is 4.55. The van der Waals surface area contributed by atoms with Crippen LogP contribution in [-0.4, -0.2) is 12.6 Å². The summed E-state index contributed by atoms with van der Waals surface area (Å²) in [5.74, 6) is 0. The summed E-state index contributed by atoms with van der Waals surface area (Å²) in [7, 11) is 0. The van der Waals surface area contributed by atoms with Crippen molar-refractivity contribution in [3.63, 3.8) is 0 Å². The third kappa shape index (κ3) is 6.23. The van der Waals surface area contributed by atoms with Crippen molar-refractivity contribution < 1.29 is 0 Å². The van der Waals surface area contributed by atoms with E-state index in [2.05, 4.69) is 59.4 Å². The minimum atomic E-state index is 0.699. The van der Waals surface area contributed by atoms with E-state index >= 15 is 0 Å². The number of hydrogen-bond donors (Lipinski definition) is 1. The summed E-state index contributed by atoms with van der Waals surface area (Å²) in [6.45, 7) is 5.64. The highest BCUT2D eigenvalue weighted by atomic mass is 79.9. The van der Waals surface area contributed by atoms with Crippen molar-refractivity contribution in [2.45, 2.75) is 52.0 Å². The van der Waals surface area contributed by atoms with Gasteiger partial charge in [-0.3, -0.25) is 0 Å². The molecule has 17 heavy (non-hydrogen) atoms. The fourth-order valence-electron chi connectivity index (χ4n) is 2.00. The zero-order valence-corrected chi connectivity index (χ0v) is 12.6. The molecule has 96 valence electrons. The van der Waals surface area contributed by atoms with E-state index in [0.29, 0.717) is 6.04 Å². The van der Waals surface area contributed by atoms with Crippen LogP contribution in [0, 0.1) is 0 Å². The Balaban J connectivity index is 2.23. The van der Waals surface area contributed by atoms with Gasteiger partial charge in [0.2, 0.25) is 0 Å². The van der Waals surface area contributed by atoms with E-state index < -0.39 is 0 Å². The van der Waals surface area contributed by atoms with Gasteiger partial charge in [-0.25, -0.2) is 0 Å². The molecule has 1 nitrogen and oxygen atoms in total. The molecule has 2 heteroatoms. The topological polar surface area (TPSA) is 12.0 Å². The highest BCUT2D eigenvalue weighted by Crippen LogP contribution is 2.13. The molecule has 0 saturated carbocycles. The Morgan fingerprint density at radius 3 is 2.47 bits per heavy atom. The standard InChI is InChI=1S/C15H24BrN/c1-3-12-17-15(4-2)7-5-6-13-8-10-14(16)11-9-13/h8-11,15,17H,3-7,12H2,1-2H3. The predicted molar refractivity (Wildman–Crippen MR) is 79.5 cm³/mol. The molecule has 0 aromatic heterocycles. The van der Waals surface area contributed by atoms with Gasteiger partial charge < -0.3 is 5.32 Å². The van der Waals surface area contributed by atoms with Crippen LogP contribution >= 0.6 is 15.9 Å². The second-order valence-corrected chi connectivity index (χ2v) is 5.49. The van der Waals surface area contributed by atoms with Gasteiger partial charge in [-0.2, -0.15) is 0 Å². The largest absolute Gasteiger partial charge is 0.314 e. The fourth-order valence-corrected chi connectivity index (χ4v) is 2.27. The molecule has 0 spiro atoms. The molecule has 0 aliphatic carbocycles. The van der Waals surface area contributed by atoms with Crippen molar-refractivity contribution in [3.05, 3.63) is 34.3 Å². The zero-order chi connectivity index (χ0) is 12.5. The Hall–Kier alpha value is -0.340. The molecule has 0 saturated heterocycles. The maximum absolute atomic E-state index is 3.61. The Labute approximate surface area is 114 Å². The lowest BCUT2D eigenvalue weighted by atomic mass is 10.0. The van der Waals surface area contributed by atoms with Crippen LogP contribution < -0.4 is 5.32 Å². The van der Waals surface area contributed by atoms with Crippen molar-refractivity contribution >= 4 is 15.9 Å². The first-order valence-electron chi connectivity index (χ1n) is 6.74. The second-order valence-electron chi connectivity index (χ2n) is 4.58. The first-order chi connectivity index (χ1) is 8.26. The first kappa shape index (κ1) is 14.7. The lowest BCUT2D eigenvalue weighted by Crippen LogP contribution is -2.29. The number of hydrogen-bond acceptors (Lipinski definition) is 1. The minimum Gasteiger partial charge on any atom is -0.314 e. The number of benzene rings is 1. The minimum absolute atomic E-state index is 0.699. The monoisotopic (exact) mass is 297 g/mol. The van der Waals surface area contributed by atoms with Crippen LogP contribution in [0.15, 0.2) is 28.7 Å². The zero-order valence-electron chi connectivity index (χ0n) is 11.0. The van der Waals surface area contributed by atoms with Gasteiger partial charge in [-0.15, -0.1) is 0 Å².